The van der Waals surface area contributed by atoms with Crippen molar-refractivity contribution < 1.29 is 9.59 Å². The van der Waals surface area contributed by atoms with Crippen LogP contribution in [0.2, 0.25) is 0 Å². The lowest BCUT2D eigenvalue weighted by Gasteiger charge is -2.26. The molecule has 0 aliphatic carbocycles. The van der Waals surface area contributed by atoms with Gasteiger partial charge in [-0.2, -0.15) is 0 Å². The summed E-state index contributed by atoms with van der Waals surface area (Å²) in [4.78, 5) is 25.6. The van der Waals surface area contributed by atoms with Crippen LogP contribution in [0.1, 0.15) is 45.7 Å². The number of benzene rings is 1. The fraction of sp³-hybridized carbons (Fsp3) is 0.529. The third-order valence-electron chi connectivity index (χ3n) is 3.56. The molecular formula is C17H26N2O2. The maximum atomic E-state index is 12.2. The predicted octanol–water partition coefficient (Wildman–Crippen LogP) is 2.76. The molecule has 0 radical (unpaired) electrons. The zero-order valence-corrected chi connectivity index (χ0v) is 13.6. The molecule has 1 N–H and O–H groups in total. The molecule has 2 amide bonds. The van der Waals surface area contributed by atoms with Crippen molar-refractivity contribution in [1.29, 1.82) is 0 Å². The van der Waals surface area contributed by atoms with Crippen molar-refractivity contribution in [2.75, 3.05) is 13.6 Å². The standard InChI is InChI=1S/C17H26N2O2/c1-13(14-9-7-6-8-10-14)19(5)15(20)11-12-18-16(21)17(2,3)4/h6-10,13H,11-12H2,1-5H3,(H,18,21). The molecule has 1 aromatic carbocycles. The first-order valence-corrected chi connectivity index (χ1v) is 7.32. The number of carbonyl (C=O) groups excluding carboxylic acids is 2. The molecule has 116 valence electrons. The van der Waals surface area contributed by atoms with E-state index in [1.807, 2.05) is 58.0 Å². The predicted molar refractivity (Wildman–Crippen MR) is 84.7 cm³/mol. The van der Waals surface area contributed by atoms with Gasteiger partial charge in [-0.05, 0) is 12.5 Å². The molecule has 1 aromatic rings. The van der Waals surface area contributed by atoms with E-state index in [-0.39, 0.29) is 17.9 Å². The molecule has 0 saturated carbocycles. The third kappa shape index (κ3) is 5.21. The van der Waals surface area contributed by atoms with E-state index >= 15 is 0 Å². The van der Waals surface area contributed by atoms with Gasteiger partial charge >= 0.3 is 0 Å². The number of amides is 2. The Kier molecular flexibility index (Phi) is 5.94. The Hall–Kier alpha value is -1.84. The van der Waals surface area contributed by atoms with Crippen molar-refractivity contribution in [2.24, 2.45) is 5.41 Å². The third-order valence-corrected chi connectivity index (χ3v) is 3.56. The van der Waals surface area contributed by atoms with Gasteiger partial charge in [-0.1, -0.05) is 51.1 Å². The van der Waals surface area contributed by atoms with Gasteiger partial charge in [0.2, 0.25) is 11.8 Å². The van der Waals surface area contributed by atoms with Crippen LogP contribution in [0.15, 0.2) is 30.3 Å². The van der Waals surface area contributed by atoms with Crippen molar-refractivity contribution >= 4 is 11.8 Å². The van der Waals surface area contributed by atoms with Crippen molar-refractivity contribution in [3.8, 4) is 0 Å². The number of hydrogen-bond donors (Lipinski definition) is 1. The first kappa shape index (κ1) is 17.2. The SMILES string of the molecule is CC(c1ccccc1)N(C)C(=O)CCNC(=O)C(C)(C)C. The molecule has 0 saturated heterocycles. The van der Waals surface area contributed by atoms with E-state index in [2.05, 4.69) is 5.32 Å². The van der Waals surface area contributed by atoms with Crippen LogP contribution in [-0.2, 0) is 9.59 Å². The molecule has 21 heavy (non-hydrogen) atoms. The van der Waals surface area contributed by atoms with Crippen molar-refractivity contribution in [3.05, 3.63) is 35.9 Å². The summed E-state index contributed by atoms with van der Waals surface area (Å²) in [6.45, 7) is 7.94. The molecule has 1 unspecified atom stereocenters. The van der Waals surface area contributed by atoms with E-state index in [4.69, 9.17) is 0 Å². The first-order valence-electron chi connectivity index (χ1n) is 7.32. The monoisotopic (exact) mass is 290 g/mol. The average molecular weight is 290 g/mol. The quantitative estimate of drug-likeness (QED) is 0.906. The van der Waals surface area contributed by atoms with Crippen LogP contribution in [0, 0.1) is 5.41 Å². The largest absolute Gasteiger partial charge is 0.355 e. The molecule has 4 heteroatoms. The lowest BCUT2D eigenvalue weighted by atomic mass is 9.96. The second-order valence-electron chi connectivity index (χ2n) is 6.35. The maximum Gasteiger partial charge on any atom is 0.225 e. The minimum Gasteiger partial charge on any atom is -0.355 e. The molecule has 0 aliphatic rings. The van der Waals surface area contributed by atoms with Crippen molar-refractivity contribution in [1.82, 2.24) is 10.2 Å². The molecule has 0 spiro atoms. The van der Waals surface area contributed by atoms with Gasteiger partial charge in [-0.25, -0.2) is 0 Å². The minimum atomic E-state index is -0.424. The topological polar surface area (TPSA) is 49.4 Å². The smallest absolute Gasteiger partial charge is 0.225 e. The molecule has 4 nitrogen and oxygen atoms in total. The summed E-state index contributed by atoms with van der Waals surface area (Å²) >= 11 is 0. The summed E-state index contributed by atoms with van der Waals surface area (Å²) in [5, 5.41) is 2.80. The van der Waals surface area contributed by atoms with Gasteiger partial charge in [0.1, 0.15) is 0 Å². The van der Waals surface area contributed by atoms with E-state index in [1.54, 1.807) is 11.9 Å². The Morgan fingerprint density at radius 1 is 1.19 bits per heavy atom. The summed E-state index contributed by atoms with van der Waals surface area (Å²) in [5.74, 6) is -0.00498. The van der Waals surface area contributed by atoms with Crippen molar-refractivity contribution in [2.45, 2.75) is 40.2 Å². The molecule has 0 aromatic heterocycles. The van der Waals surface area contributed by atoms with Gasteiger partial charge in [-0.3, -0.25) is 9.59 Å². The fourth-order valence-corrected chi connectivity index (χ4v) is 1.90. The number of nitrogens with zero attached hydrogens (tertiary/aromatic N) is 1. The lowest BCUT2D eigenvalue weighted by molar-refractivity contribution is -0.132. The molecule has 1 atom stereocenters. The zero-order chi connectivity index (χ0) is 16.0. The van der Waals surface area contributed by atoms with Crippen LogP contribution >= 0.6 is 0 Å². The maximum absolute atomic E-state index is 12.2. The summed E-state index contributed by atoms with van der Waals surface area (Å²) in [6.07, 6.45) is 0.315. The van der Waals surface area contributed by atoms with Gasteiger partial charge in [0.05, 0.1) is 6.04 Å². The second-order valence-corrected chi connectivity index (χ2v) is 6.35. The van der Waals surface area contributed by atoms with Gasteiger partial charge in [0, 0.05) is 25.4 Å². The Labute approximate surface area is 127 Å². The lowest BCUT2D eigenvalue weighted by Crippen LogP contribution is -2.38. The Balaban J connectivity index is 2.47. The highest BCUT2D eigenvalue weighted by molar-refractivity contribution is 5.82. The van der Waals surface area contributed by atoms with E-state index in [0.717, 1.165) is 5.56 Å². The van der Waals surface area contributed by atoms with Gasteiger partial charge in [-0.15, -0.1) is 0 Å². The normalized spacial score (nSPS) is 12.6. The Bertz CT molecular complexity index is 477. The average Bonchev–Trinajstić information content (AvgIpc) is 2.45. The number of hydrogen-bond acceptors (Lipinski definition) is 2. The van der Waals surface area contributed by atoms with Crippen LogP contribution < -0.4 is 5.32 Å². The minimum absolute atomic E-state index is 0.0250. The van der Waals surface area contributed by atoms with Crippen LogP contribution in [0.4, 0.5) is 0 Å². The van der Waals surface area contributed by atoms with Gasteiger partial charge < -0.3 is 10.2 Å². The Morgan fingerprint density at radius 3 is 2.29 bits per heavy atom. The van der Waals surface area contributed by atoms with Crippen LogP contribution in [0.5, 0.6) is 0 Å². The van der Waals surface area contributed by atoms with E-state index < -0.39 is 5.41 Å². The first-order chi connectivity index (χ1) is 9.73. The van der Waals surface area contributed by atoms with E-state index in [0.29, 0.717) is 13.0 Å². The van der Waals surface area contributed by atoms with Crippen LogP contribution in [0.25, 0.3) is 0 Å². The number of rotatable bonds is 5. The summed E-state index contributed by atoms with van der Waals surface area (Å²) in [5.41, 5.74) is 0.679. The van der Waals surface area contributed by atoms with E-state index in [1.165, 1.54) is 0 Å². The molecule has 0 heterocycles. The zero-order valence-electron chi connectivity index (χ0n) is 13.6. The van der Waals surface area contributed by atoms with Crippen molar-refractivity contribution in [3.63, 3.8) is 0 Å². The summed E-state index contributed by atoms with van der Waals surface area (Å²) in [7, 11) is 1.80. The van der Waals surface area contributed by atoms with Crippen LogP contribution in [0.3, 0.4) is 0 Å². The molecule has 0 fully saturated rings. The Morgan fingerprint density at radius 2 is 1.76 bits per heavy atom. The van der Waals surface area contributed by atoms with Gasteiger partial charge in [0.15, 0.2) is 0 Å². The van der Waals surface area contributed by atoms with Gasteiger partial charge in [0.25, 0.3) is 0 Å². The van der Waals surface area contributed by atoms with E-state index in [9.17, 15) is 9.59 Å². The summed E-state index contributed by atoms with van der Waals surface area (Å²) in [6, 6.07) is 9.93. The molecule has 1 rings (SSSR count). The highest BCUT2D eigenvalue weighted by Crippen LogP contribution is 2.18. The highest BCUT2D eigenvalue weighted by Gasteiger charge is 2.21. The number of carbonyl (C=O) groups is 2. The number of nitrogens with one attached hydrogen (secondary N) is 1. The highest BCUT2D eigenvalue weighted by atomic mass is 16.2. The summed E-state index contributed by atoms with van der Waals surface area (Å²) < 4.78 is 0. The molecular weight excluding hydrogens is 264 g/mol. The molecule has 0 bridgehead atoms. The fourth-order valence-electron chi connectivity index (χ4n) is 1.90. The second kappa shape index (κ2) is 7.25. The molecule has 0 aliphatic heterocycles. The van der Waals surface area contributed by atoms with Crippen LogP contribution in [-0.4, -0.2) is 30.3 Å².